The molecule has 2 N–H and O–H groups in total. The minimum Gasteiger partial charge on any atom is -0.494 e. The second kappa shape index (κ2) is 8.20. The molecule has 1 aliphatic carbocycles. The molecule has 0 amide bonds. The zero-order valence-electron chi connectivity index (χ0n) is 13.5. The highest BCUT2D eigenvalue weighted by atomic mass is 32.2. The average Bonchev–Trinajstić information content (AvgIpc) is 3.40. The quantitative estimate of drug-likeness (QED) is 0.835. The lowest BCUT2D eigenvalue weighted by atomic mass is 10.1. The molecule has 22 heavy (non-hydrogen) atoms. The predicted octanol–water partition coefficient (Wildman–Crippen LogP) is 4.64. The molecule has 3 rings (SSSR count). The standard InChI is InChI=1S/C15H15NO.C3H9NS/c1-17-14-3-2-10-16-15(14)13-8-6-12(7-9-13)11-4-5-11;1-3(2)5-4/h2-3,6-11H,4-5H2,1H3;3H,4H2,1-2H3. The summed E-state index contributed by atoms with van der Waals surface area (Å²) in [6.45, 7) is 4.12. The molecule has 2 aromatic rings. The Kier molecular flexibility index (Phi) is 6.28. The van der Waals surface area contributed by atoms with Gasteiger partial charge in [-0.15, -0.1) is 0 Å². The summed E-state index contributed by atoms with van der Waals surface area (Å²) >= 11 is 1.38. The molecule has 1 fully saturated rings. The van der Waals surface area contributed by atoms with Gasteiger partial charge in [0, 0.05) is 17.0 Å². The fourth-order valence-electron chi connectivity index (χ4n) is 2.10. The first-order valence-corrected chi connectivity index (χ1v) is 8.54. The zero-order valence-corrected chi connectivity index (χ0v) is 14.3. The van der Waals surface area contributed by atoms with Crippen LogP contribution in [0, 0.1) is 0 Å². The number of hydrogen-bond acceptors (Lipinski definition) is 4. The van der Waals surface area contributed by atoms with Crippen molar-refractivity contribution in [3.05, 3.63) is 48.2 Å². The zero-order chi connectivity index (χ0) is 15.9. The van der Waals surface area contributed by atoms with Gasteiger partial charge in [-0.25, -0.2) is 0 Å². The minimum absolute atomic E-state index is 0.579. The molecule has 0 spiro atoms. The van der Waals surface area contributed by atoms with Gasteiger partial charge in [0.2, 0.25) is 0 Å². The molecular weight excluding hydrogens is 292 g/mol. The monoisotopic (exact) mass is 316 g/mol. The van der Waals surface area contributed by atoms with Crippen LogP contribution in [0.15, 0.2) is 42.6 Å². The summed E-state index contributed by atoms with van der Waals surface area (Å²) in [5.74, 6) is 1.63. The summed E-state index contributed by atoms with van der Waals surface area (Å²) in [5, 5.41) is 5.67. The lowest BCUT2D eigenvalue weighted by Gasteiger charge is -2.07. The third kappa shape index (κ3) is 4.75. The van der Waals surface area contributed by atoms with Crippen molar-refractivity contribution < 1.29 is 4.74 Å². The molecular formula is C18H24N2OS. The fourth-order valence-corrected chi connectivity index (χ4v) is 2.10. The second-order valence-corrected chi connectivity index (χ2v) is 6.85. The van der Waals surface area contributed by atoms with E-state index in [1.807, 2.05) is 12.1 Å². The summed E-state index contributed by atoms with van der Waals surface area (Å²) < 4.78 is 5.33. The van der Waals surface area contributed by atoms with Crippen LogP contribution in [-0.4, -0.2) is 17.3 Å². The van der Waals surface area contributed by atoms with Crippen molar-refractivity contribution >= 4 is 11.9 Å². The molecule has 3 nitrogen and oxygen atoms in total. The van der Waals surface area contributed by atoms with E-state index in [4.69, 9.17) is 9.88 Å². The van der Waals surface area contributed by atoms with Crippen LogP contribution in [0.25, 0.3) is 11.3 Å². The molecule has 1 aromatic carbocycles. The van der Waals surface area contributed by atoms with Gasteiger partial charge in [0.1, 0.15) is 11.4 Å². The van der Waals surface area contributed by atoms with Crippen LogP contribution in [0.3, 0.4) is 0 Å². The van der Waals surface area contributed by atoms with E-state index < -0.39 is 0 Å². The van der Waals surface area contributed by atoms with Gasteiger partial charge in [-0.05, 0) is 36.5 Å². The second-order valence-electron chi connectivity index (χ2n) is 5.64. The number of ether oxygens (including phenoxy) is 1. The number of nitrogens with two attached hydrogens (primary N) is 1. The van der Waals surface area contributed by atoms with Gasteiger partial charge in [-0.3, -0.25) is 10.1 Å². The van der Waals surface area contributed by atoms with Crippen LogP contribution in [-0.2, 0) is 0 Å². The Morgan fingerprint density at radius 3 is 2.32 bits per heavy atom. The molecule has 0 aliphatic heterocycles. The Hall–Kier alpha value is -1.52. The molecule has 118 valence electrons. The van der Waals surface area contributed by atoms with Crippen molar-refractivity contribution in [2.75, 3.05) is 7.11 Å². The molecule has 1 heterocycles. The number of hydrogen-bond donors (Lipinski definition) is 1. The highest BCUT2D eigenvalue weighted by Crippen LogP contribution is 2.40. The molecule has 0 radical (unpaired) electrons. The van der Waals surface area contributed by atoms with E-state index in [-0.39, 0.29) is 0 Å². The van der Waals surface area contributed by atoms with Gasteiger partial charge in [0.15, 0.2) is 0 Å². The Morgan fingerprint density at radius 2 is 1.82 bits per heavy atom. The Bertz CT molecular complexity index is 580. The van der Waals surface area contributed by atoms with E-state index in [0.717, 1.165) is 22.9 Å². The number of pyridine rings is 1. The highest BCUT2D eigenvalue weighted by molar-refractivity contribution is 7.97. The average molecular weight is 316 g/mol. The molecule has 0 atom stereocenters. The summed E-state index contributed by atoms with van der Waals surface area (Å²) in [6, 6.07) is 12.5. The number of aromatic nitrogens is 1. The van der Waals surface area contributed by atoms with Crippen molar-refractivity contribution in [2.45, 2.75) is 37.9 Å². The third-order valence-electron chi connectivity index (χ3n) is 3.50. The first kappa shape index (κ1) is 16.8. The predicted molar refractivity (Wildman–Crippen MR) is 95.1 cm³/mol. The maximum absolute atomic E-state index is 5.33. The van der Waals surface area contributed by atoms with Crippen LogP contribution >= 0.6 is 11.9 Å². The maximum Gasteiger partial charge on any atom is 0.145 e. The van der Waals surface area contributed by atoms with Gasteiger partial charge >= 0.3 is 0 Å². The Balaban J connectivity index is 0.000000309. The van der Waals surface area contributed by atoms with Crippen molar-refractivity contribution in [1.29, 1.82) is 0 Å². The molecule has 1 aromatic heterocycles. The van der Waals surface area contributed by atoms with E-state index in [0.29, 0.717) is 5.25 Å². The third-order valence-corrected chi connectivity index (χ3v) is 4.04. The van der Waals surface area contributed by atoms with E-state index in [2.05, 4.69) is 43.1 Å². The number of nitrogens with zero attached hydrogens (tertiary/aromatic N) is 1. The molecule has 0 unspecified atom stereocenters. The summed E-state index contributed by atoms with van der Waals surface area (Å²) in [6.07, 6.45) is 4.48. The number of benzene rings is 1. The number of rotatable bonds is 4. The molecule has 1 aliphatic rings. The van der Waals surface area contributed by atoms with Gasteiger partial charge in [0.25, 0.3) is 0 Å². The van der Waals surface area contributed by atoms with Crippen LogP contribution in [0.4, 0.5) is 0 Å². The lowest BCUT2D eigenvalue weighted by Crippen LogP contribution is -1.90. The number of methoxy groups -OCH3 is 1. The van der Waals surface area contributed by atoms with Crippen molar-refractivity contribution in [3.8, 4) is 17.0 Å². The van der Waals surface area contributed by atoms with Gasteiger partial charge < -0.3 is 4.74 Å². The summed E-state index contributed by atoms with van der Waals surface area (Å²) in [4.78, 5) is 4.38. The van der Waals surface area contributed by atoms with Crippen molar-refractivity contribution in [3.63, 3.8) is 0 Å². The van der Waals surface area contributed by atoms with Crippen LogP contribution < -0.4 is 9.88 Å². The first-order valence-electron chi connectivity index (χ1n) is 7.60. The summed E-state index contributed by atoms with van der Waals surface area (Å²) in [5.41, 5.74) is 3.48. The van der Waals surface area contributed by atoms with Gasteiger partial charge in [-0.2, -0.15) is 0 Å². The normalized spacial score (nSPS) is 13.5. The Labute approximate surface area is 137 Å². The summed E-state index contributed by atoms with van der Waals surface area (Å²) in [7, 11) is 1.68. The largest absolute Gasteiger partial charge is 0.494 e. The lowest BCUT2D eigenvalue weighted by molar-refractivity contribution is 0.415. The van der Waals surface area contributed by atoms with Crippen molar-refractivity contribution in [1.82, 2.24) is 4.98 Å². The maximum atomic E-state index is 5.33. The SMILES string of the molecule is CC(C)SN.COc1cccnc1-c1ccc(C2CC2)cc1. The van der Waals surface area contributed by atoms with E-state index in [1.165, 1.54) is 30.4 Å². The first-order chi connectivity index (χ1) is 10.7. The Morgan fingerprint density at radius 1 is 1.18 bits per heavy atom. The van der Waals surface area contributed by atoms with E-state index >= 15 is 0 Å². The molecule has 1 saturated carbocycles. The van der Waals surface area contributed by atoms with Crippen molar-refractivity contribution in [2.24, 2.45) is 5.14 Å². The molecule has 0 saturated heterocycles. The smallest absolute Gasteiger partial charge is 0.145 e. The van der Waals surface area contributed by atoms with E-state index in [1.54, 1.807) is 13.3 Å². The van der Waals surface area contributed by atoms with Gasteiger partial charge in [0.05, 0.1) is 7.11 Å². The topological polar surface area (TPSA) is 48.1 Å². The van der Waals surface area contributed by atoms with Crippen LogP contribution in [0.2, 0.25) is 0 Å². The minimum atomic E-state index is 0.579. The van der Waals surface area contributed by atoms with Crippen LogP contribution in [0.5, 0.6) is 5.75 Å². The molecule has 0 bridgehead atoms. The van der Waals surface area contributed by atoms with E-state index in [9.17, 15) is 0 Å². The highest BCUT2D eigenvalue weighted by Gasteiger charge is 2.23. The fraction of sp³-hybridized carbons (Fsp3) is 0.389. The van der Waals surface area contributed by atoms with Crippen LogP contribution in [0.1, 0.15) is 38.2 Å². The molecule has 4 heteroatoms. The van der Waals surface area contributed by atoms with Gasteiger partial charge in [-0.1, -0.05) is 50.1 Å².